The van der Waals surface area contributed by atoms with Crippen LogP contribution in [0.15, 0.2) is 217 Å². The van der Waals surface area contributed by atoms with Crippen LogP contribution in [-0.4, -0.2) is 14.5 Å². The summed E-state index contributed by atoms with van der Waals surface area (Å²) in [6, 6.07) is 75.3. The summed E-state index contributed by atoms with van der Waals surface area (Å²) in [6.07, 6.45) is 0. The molecule has 0 aliphatic rings. The molecule has 0 N–H and O–H groups in total. The van der Waals surface area contributed by atoms with Crippen molar-refractivity contribution < 1.29 is 4.42 Å². The Hall–Kier alpha value is -8.08. The molecule has 12 aromatic rings. The zero-order valence-electron chi connectivity index (χ0n) is 32.5. The molecule has 4 nitrogen and oxygen atoms in total. The molecule has 0 aliphatic heterocycles. The second-order valence-corrected chi connectivity index (χ2v) is 15.3. The van der Waals surface area contributed by atoms with E-state index in [0.717, 1.165) is 55.0 Å². The minimum absolute atomic E-state index is 0.559. The smallest absolute Gasteiger partial charge is 0.238 e. The van der Waals surface area contributed by atoms with Crippen LogP contribution < -0.4 is 0 Å². The number of aromatic nitrogens is 3. The standard InChI is InChI=1S/C56H35N3O/c1-3-13-36(14-4-1)38-25-27-39(28-26-38)44-21-11-17-41-18-12-22-45(52(41)44)40-29-31-42(32-30-40)54-53-47-20-8-10-24-51(47)60-55(53)58-56(57-54)59-49-23-9-7-19-46(49)48-35-43(33-34-50(48)59)37-15-5-2-6-16-37/h1-35H. The first kappa shape index (κ1) is 34.0. The lowest BCUT2D eigenvalue weighted by atomic mass is 9.90. The van der Waals surface area contributed by atoms with Gasteiger partial charge in [0.1, 0.15) is 5.58 Å². The SMILES string of the molecule is c1ccc(-c2ccc(-c3cccc4cccc(-c5ccc(-c6nc(-n7c8ccccc8c8cc(-c9ccccc9)ccc87)nc7oc8ccccc8c67)cc5)c34)cc2)cc1. The molecule has 0 saturated heterocycles. The minimum Gasteiger partial charge on any atom is -0.437 e. The predicted octanol–water partition coefficient (Wildman–Crippen LogP) is 15.0. The molecule has 0 unspecified atom stereocenters. The van der Waals surface area contributed by atoms with E-state index >= 15 is 0 Å². The number of nitrogens with zero attached hydrogens (tertiary/aromatic N) is 3. The molecule has 0 bridgehead atoms. The first-order valence-electron chi connectivity index (χ1n) is 20.3. The van der Waals surface area contributed by atoms with E-state index < -0.39 is 0 Å². The van der Waals surface area contributed by atoms with Crippen molar-refractivity contribution in [1.29, 1.82) is 0 Å². The van der Waals surface area contributed by atoms with E-state index in [9.17, 15) is 0 Å². The molecular formula is C56H35N3O. The largest absolute Gasteiger partial charge is 0.437 e. The van der Waals surface area contributed by atoms with Crippen LogP contribution in [0, 0.1) is 0 Å². The molecule has 60 heavy (non-hydrogen) atoms. The van der Waals surface area contributed by atoms with Gasteiger partial charge in [-0.25, -0.2) is 4.98 Å². The monoisotopic (exact) mass is 765 g/mol. The topological polar surface area (TPSA) is 43.9 Å². The highest BCUT2D eigenvalue weighted by Gasteiger charge is 2.22. The van der Waals surface area contributed by atoms with Crippen LogP contribution in [0.2, 0.25) is 0 Å². The molecule has 0 aliphatic carbocycles. The van der Waals surface area contributed by atoms with Gasteiger partial charge in [0.15, 0.2) is 0 Å². The number of rotatable bonds is 6. The van der Waals surface area contributed by atoms with Gasteiger partial charge in [-0.3, -0.25) is 4.57 Å². The Morgan fingerprint density at radius 2 is 0.883 bits per heavy atom. The summed E-state index contributed by atoms with van der Waals surface area (Å²) in [4.78, 5) is 10.6. The van der Waals surface area contributed by atoms with E-state index in [1.165, 1.54) is 49.7 Å². The Balaban J connectivity index is 1.01. The number of benzene rings is 9. The van der Waals surface area contributed by atoms with Crippen molar-refractivity contribution in [2.24, 2.45) is 0 Å². The molecule has 0 spiro atoms. The lowest BCUT2D eigenvalue weighted by Gasteiger charge is -2.14. The normalized spacial score (nSPS) is 11.7. The molecule has 12 rings (SSSR count). The Morgan fingerprint density at radius 1 is 0.350 bits per heavy atom. The molecule has 0 atom stereocenters. The quantitative estimate of drug-likeness (QED) is 0.169. The summed E-state index contributed by atoms with van der Waals surface area (Å²) in [5, 5.41) is 6.62. The van der Waals surface area contributed by atoms with Crippen molar-refractivity contribution in [3.8, 4) is 61.7 Å². The van der Waals surface area contributed by atoms with Gasteiger partial charge in [0.25, 0.3) is 0 Å². The fraction of sp³-hybridized carbons (Fsp3) is 0. The maximum atomic E-state index is 6.52. The third-order valence-electron chi connectivity index (χ3n) is 11.9. The van der Waals surface area contributed by atoms with E-state index in [2.05, 4.69) is 199 Å². The van der Waals surface area contributed by atoms with Gasteiger partial charge >= 0.3 is 0 Å². The maximum Gasteiger partial charge on any atom is 0.238 e. The number of hydrogen-bond acceptors (Lipinski definition) is 3. The van der Waals surface area contributed by atoms with Crippen molar-refractivity contribution in [3.05, 3.63) is 212 Å². The molecule has 280 valence electrons. The van der Waals surface area contributed by atoms with E-state index in [1.807, 2.05) is 18.2 Å². The van der Waals surface area contributed by atoms with E-state index in [4.69, 9.17) is 14.4 Å². The highest BCUT2D eigenvalue weighted by atomic mass is 16.3. The maximum absolute atomic E-state index is 6.52. The van der Waals surface area contributed by atoms with Gasteiger partial charge in [0, 0.05) is 21.7 Å². The molecule has 4 heteroatoms. The molecule has 3 heterocycles. The Morgan fingerprint density at radius 3 is 1.58 bits per heavy atom. The third kappa shape index (κ3) is 5.53. The van der Waals surface area contributed by atoms with E-state index in [1.54, 1.807) is 0 Å². The van der Waals surface area contributed by atoms with Gasteiger partial charge in [-0.15, -0.1) is 0 Å². The summed E-state index contributed by atoms with van der Waals surface area (Å²) in [5.41, 5.74) is 14.7. The Bertz CT molecular complexity index is 3560. The van der Waals surface area contributed by atoms with Crippen LogP contribution in [0.3, 0.4) is 0 Å². The van der Waals surface area contributed by atoms with Gasteiger partial charge in [0.05, 0.1) is 22.1 Å². The van der Waals surface area contributed by atoms with Crippen molar-refractivity contribution in [2.45, 2.75) is 0 Å². The molecule has 0 amide bonds. The Kier molecular flexibility index (Phi) is 7.82. The van der Waals surface area contributed by atoms with Crippen LogP contribution >= 0.6 is 0 Å². The van der Waals surface area contributed by atoms with E-state index in [-0.39, 0.29) is 0 Å². The average molecular weight is 766 g/mol. The van der Waals surface area contributed by atoms with Crippen LogP contribution in [0.5, 0.6) is 0 Å². The number of furan rings is 1. The van der Waals surface area contributed by atoms with Crippen LogP contribution in [0.4, 0.5) is 0 Å². The number of hydrogen-bond donors (Lipinski definition) is 0. The summed E-state index contributed by atoms with van der Waals surface area (Å²) in [7, 11) is 0. The molecule has 0 fully saturated rings. The molecule has 3 aromatic heterocycles. The minimum atomic E-state index is 0.559. The van der Waals surface area contributed by atoms with Crippen LogP contribution in [0.1, 0.15) is 0 Å². The highest BCUT2D eigenvalue weighted by Crippen LogP contribution is 2.41. The summed E-state index contributed by atoms with van der Waals surface area (Å²) in [5.74, 6) is 0.566. The first-order chi connectivity index (χ1) is 29.7. The van der Waals surface area contributed by atoms with Crippen molar-refractivity contribution in [2.75, 3.05) is 0 Å². The van der Waals surface area contributed by atoms with Gasteiger partial charge in [-0.05, 0) is 79.5 Å². The predicted molar refractivity (Wildman–Crippen MR) is 248 cm³/mol. The van der Waals surface area contributed by atoms with Crippen LogP contribution in [0.25, 0.3) is 116 Å². The van der Waals surface area contributed by atoms with Gasteiger partial charge in [0.2, 0.25) is 11.7 Å². The second kappa shape index (κ2) is 13.8. The summed E-state index contributed by atoms with van der Waals surface area (Å²) in [6.45, 7) is 0. The first-order valence-corrected chi connectivity index (χ1v) is 20.3. The van der Waals surface area contributed by atoms with E-state index in [0.29, 0.717) is 11.7 Å². The van der Waals surface area contributed by atoms with Gasteiger partial charge < -0.3 is 4.42 Å². The van der Waals surface area contributed by atoms with Gasteiger partial charge in [-0.1, -0.05) is 188 Å². The van der Waals surface area contributed by atoms with Crippen molar-refractivity contribution in [3.63, 3.8) is 0 Å². The number of fused-ring (bicyclic) bond motifs is 7. The molecule has 9 aromatic carbocycles. The highest BCUT2D eigenvalue weighted by molar-refractivity contribution is 6.13. The lowest BCUT2D eigenvalue weighted by Crippen LogP contribution is -2.02. The van der Waals surface area contributed by atoms with Crippen molar-refractivity contribution >= 4 is 54.6 Å². The van der Waals surface area contributed by atoms with Crippen LogP contribution in [-0.2, 0) is 0 Å². The third-order valence-corrected chi connectivity index (χ3v) is 11.9. The van der Waals surface area contributed by atoms with Gasteiger partial charge in [-0.2, -0.15) is 4.98 Å². The molecule has 0 saturated carbocycles. The average Bonchev–Trinajstić information content (AvgIpc) is 3.87. The Labute approximate surface area is 346 Å². The summed E-state index contributed by atoms with van der Waals surface area (Å²) < 4.78 is 8.69. The second-order valence-electron chi connectivity index (χ2n) is 15.3. The summed E-state index contributed by atoms with van der Waals surface area (Å²) >= 11 is 0. The lowest BCUT2D eigenvalue weighted by molar-refractivity contribution is 0.651. The zero-order valence-corrected chi connectivity index (χ0v) is 32.5. The number of para-hydroxylation sites is 2. The zero-order chi connectivity index (χ0) is 39.6. The fourth-order valence-corrected chi connectivity index (χ4v) is 9.02. The molecular weight excluding hydrogens is 731 g/mol. The molecule has 0 radical (unpaired) electrons. The van der Waals surface area contributed by atoms with Crippen molar-refractivity contribution in [1.82, 2.24) is 14.5 Å². The fourth-order valence-electron chi connectivity index (χ4n) is 9.02.